The summed E-state index contributed by atoms with van der Waals surface area (Å²) in [6, 6.07) is 0. The molecule has 0 aliphatic heterocycles. The van der Waals surface area contributed by atoms with Crippen molar-refractivity contribution in [3.63, 3.8) is 0 Å². The van der Waals surface area contributed by atoms with Gasteiger partial charge in [-0.05, 0) is 0 Å². The van der Waals surface area contributed by atoms with Gasteiger partial charge in [-0.3, -0.25) is 0 Å². The van der Waals surface area contributed by atoms with Gasteiger partial charge in [0.05, 0.1) is 0 Å². The van der Waals surface area contributed by atoms with Gasteiger partial charge in [0.25, 0.3) is 0 Å². The van der Waals surface area contributed by atoms with Gasteiger partial charge in [-0.15, -0.1) is 0 Å². The summed E-state index contributed by atoms with van der Waals surface area (Å²) >= 11 is 1.34. The summed E-state index contributed by atoms with van der Waals surface area (Å²) in [6.45, 7) is 1.63. The van der Waals surface area contributed by atoms with Crippen molar-refractivity contribution >= 4 is 5.78 Å². The van der Waals surface area contributed by atoms with E-state index in [4.69, 9.17) is 0 Å². The Balaban J connectivity index is 2.82. The number of hydrogen-bond acceptors (Lipinski definition) is 1. The molecule has 0 fully saturated rings. The molecule has 0 radical (unpaired) electrons. The van der Waals surface area contributed by atoms with Crippen LogP contribution in [0.25, 0.3) is 0 Å². The van der Waals surface area contributed by atoms with Gasteiger partial charge in [0.2, 0.25) is 0 Å². The van der Waals surface area contributed by atoms with Crippen LogP contribution in [0.5, 0.6) is 0 Å². The van der Waals surface area contributed by atoms with Crippen molar-refractivity contribution in [1.82, 2.24) is 0 Å². The number of carbonyl (C=O) groups is 1. The van der Waals surface area contributed by atoms with Gasteiger partial charge in [-0.1, -0.05) is 0 Å². The Bertz CT molecular complexity index is 61.1. The summed E-state index contributed by atoms with van der Waals surface area (Å²) in [5.74, 6) is 2.35. The van der Waals surface area contributed by atoms with E-state index in [1.165, 1.54) is 14.7 Å². The number of ketones is 1. The minimum atomic E-state index is 0.299. The van der Waals surface area contributed by atoms with Crippen LogP contribution in [0.3, 0.4) is 0 Å². The molecule has 0 aromatic heterocycles. The standard InChI is InChI=1S/C4H7O.CH3.Co/c1-3-4(2)5;;/h1,3H2,2H3;1H3;. The third-order valence-electron chi connectivity index (χ3n) is 0.602. The molecule has 0 aliphatic rings. The molecule has 0 saturated carbocycles. The first-order chi connectivity index (χ1) is 3.27. The summed E-state index contributed by atoms with van der Waals surface area (Å²) in [7, 11) is 0. The fraction of sp³-hybridized carbons (Fsp3) is 0.800. The van der Waals surface area contributed by atoms with Crippen LogP contribution in [0.2, 0.25) is 11.2 Å². The fourth-order valence-corrected chi connectivity index (χ4v) is 0.827. The summed E-state index contributed by atoms with van der Waals surface area (Å²) < 4.78 is 0. The van der Waals surface area contributed by atoms with E-state index in [0.29, 0.717) is 5.78 Å². The zero-order valence-corrected chi connectivity index (χ0v) is 5.70. The predicted octanol–water partition coefficient (Wildman–Crippen LogP) is 1.51. The molecule has 0 atom stereocenters. The first kappa shape index (κ1) is 7.18. The number of rotatable bonds is 3. The molecule has 45 valence electrons. The molecule has 0 aromatic carbocycles. The summed E-state index contributed by atoms with van der Waals surface area (Å²) in [5, 5.41) is 1.02. The molecule has 0 rings (SSSR count). The summed E-state index contributed by atoms with van der Waals surface area (Å²) in [4.78, 5) is 10.2. The average Bonchev–Trinajstić information content (AvgIpc) is 1.61. The monoisotopic (exact) mass is 145 g/mol. The van der Waals surface area contributed by atoms with Crippen molar-refractivity contribution in [1.29, 1.82) is 0 Å². The Hall–Kier alpha value is 0.176. The van der Waals surface area contributed by atoms with Crippen LogP contribution in [0, 0.1) is 0 Å². The van der Waals surface area contributed by atoms with E-state index in [9.17, 15) is 4.79 Å². The zero-order chi connectivity index (χ0) is 5.70. The predicted molar refractivity (Wildman–Crippen MR) is 26.0 cm³/mol. The third kappa shape index (κ3) is 6.18. The topological polar surface area (TPSA) is 17.1 Å². The van der Waals surface area contributed by atoms with Crippen molar-refractivity contribution in [3.8, 4) is 0 Å². The average molecular weight is 145 g/mol. The van der Waals surface area contributed by atoms with Crippen molar-refractivity contribution in [3.05, 3.63) is 0 Å². The first-order valence-corrected chi connectivity index (χ1v) is 3.90. The molecule has 0 saturated heterocycles. The van der Waals surface area contributed by atoms with Gasteiger partial charge in [0, 0.05) is 0 Å². The number of carbonyl (C=O) groups excluding carboxylic acids is 1. The van der Waals surface area contributed by atoms with Crippen LogP contribution in [0.1, 0.15) is 13.3 Å². The summed E-state index contributed by atoms with van der Waals surface area (Å²) in [5.41, 5.74) is 0. The van der Waals surface area contributed by atoms with E-state index < -0.39 is 0 Å². The van der Waals surface area contributed by atoms with Gasteiger partial charge >= 0.3 is 49.8 Å². The van der Waals surface area contributed by atoms with Gasteiger partial charge < -0.3 is 0 Å². The Morgan fingerprint density at radius 2 is 2.29 bits per heavy atom. The molecule has 0 bridgehead atoms. The van der Waals surface area contributed by atoms with E-state index in [2.05, 4.69) is 5.86 Å². The minimum absolute atomic E-state index is 0.299. The first-order valence-electron chi connectivity index (χ1n) is 2.13. The van der Waals surface area contributed by atoms with E-state index in [-0.39, 0.29) is 0 Å². The molecule has 0 heterocycles. The molecule has 0 aromatic rings. The molecular weight excluding hydrogens is 135 g/mol. The summed E-state index contributed by atoms with van der Waals surface area (Å²) in [6.07, 6.45) is 0.747. The molecule has 2 heteroatoms. The van der Waals surface area contributed by atoms with E-state index in [0.717, 1.165) is 11.8 Å². The molecule has 0 N–H and O–H groups in total. The van der Waals surface area contributed by atoms with Gasteiger partial charge in [0.15, 0.2) is 0 Å². The Morgan fingerprint density at radius 3 is 2.43 bits per heavy atom. The van der Waals surface area contributed by atoms with Crippen molar-refractivity contribution in [2.24, 2.45) is 0 Å². The quantitative estimate of drug-likeness (QED) is 0.588. The van der Waals surface area contributed by atoms with Gasteiger partial charge in [-0.2, -0.15) is 0 Å². The Labute approximate surface area is 50.5 Å². The Morgan fingerprint density at radius 1 is 1.71 bits per heavy atom. The second-order valence-corrected chi connectivity index (χ2v) is 2.61. The number of hydrogen-bond donors (Lipinski definition) is 0. The fourth-order valence-electron chi connectivity index (χ4n) is 0.201. The molecule has 0 unspecified atom stereocenters. The normalized spacial score (nSPS) is 9.43. The molecule has 0 amide bonds. The van der Waals surface area contributed by atoms with Gasteiger partial charge in [0.1, 0.15) is 0 Å². The van der Waals surface area contributed by atoms with Crippen molar-refractivity contribution in [2.75, 3.05) is 0 Å². The van der Waals surface area contributed by atoms with E-state index in [1.54, 1.807) is 6.92 Å². The van der Waals surface area contributed by atoms with Crippen LogP contribution in [-0.2, 0) is 19.5 Å². The van der Waals surface area contributed by atoms with Crippen LogP contribution >= 0.6 is 0 Å². The van der Waals surface area contributed by atoms with E-state index >= 15 is 0 Å². The zero-order valence-electron chi connectivity index (χ0n) is 4.66. The number of Topliss-reactive ketones (excluding diaryl/α,β-unsaturated/α-hetero) is 1. The molecule has 7 heavy (non-hydrogen) atoms. The third-order valence-corrected chi connectivity index (χ3v) is 1.38. The Kier molecular flexibility index (Phi) is 4.45. The SMILES string of the molecule is [CH3][Co][CH2]CC(C)=O. The van der Waals surface area contributed by atoms with Gasteiger partial charge in [-0.25, -0.2) is 0 Å². The second-order valence-electron chi connectivity index (χ2n) is 1.35. The van der Waals surface area contributed by atoms with Crippen LogP contribution in [-0.4, -0.2) is 5.78 Å². The van der Waals surface area contributed by atoms with Crippen molar-refractivity contribution < 1.29 is 19.5 Å². The van der Waals surface area contributed by atoms with Crippen LogP contribution < -0.4 is 0 Å². The molecular formula is C5H10CoO. The molecule has 0 aliphatic carbocycles. The van der Waals surface area contributed by atoms with Crippen LogP contribution in [0.4, 0.5) is 0 Å². The van der Waals surface area contributed by atoms with Crippen molar-refractivity contribution in [2.45, 2.75) is 24.6 Å². The van der Waals surface area contributed by atoms with Crippen LogP contribution in [0.15, 0.2) is 0 Å². The molecule has 1 nitrogen and oxygen atoms in total. The second kappa shape index (κ2) is 4.34. The maximum absolute atomic E-state index is 10.2. The molecule has 0 spiro atoms. The van der Waals surface area contributed by atoms with E-state index in [1.807, 2.05) is 0 Å². The maximum atomic E-state index is 10.2.